The van der Waals surface area contributed by atoms with Gasteiger partial charge < -0.3 is 9.84 Å². The highest BCUT2D eigenvalue weighted by atomic mass is 35.5. The van der Waals surface area contributed by atoms with Gasteiger partial charge in [-0.2, -0.15) is 0 Å². The maximum Gasteiger partial charge on any atom is 0.303 e. The normalized spacial score (nSPS) is 14.3. The van der Waals surface area contributed by atoms with E-state index < -0.39 is 11.8 Å². The van der Waals surface area contributed by atoms with Crippen molar-refractivity contribution in [2.45, 2.75) is 38.5 Å². The van der Waals surface area contributed by atoms with E-state index in [-0.39, 0.29) is 12.2 Å². The van der Waals surface area contributed by atoms with E-state index in [1.54, 1.807) is 12.1 Å². The molecule has 0 saturated carbocycles. The van der Waals surface area contributed by atoms with Gasteiger partial charge in [-0.3, -0.25) is 4.79 Å². The molecule has 0 bridgehead atoms. The highest BCUT2D eigenvalue weighted by molar-refractivity contribution is 6.30. The van der Waals surface area contributed by atoms with Crippen molar-refractivity contribution in [1.29, 1.82) is 0 Å². The molecule has 2 aromatic carbocycles. The van der Waals surface area contributed by atoms with Crippen LogP contribution < -0.4 is 4.74 Å². The molecule has 0 atom stereocenters. The van der Waals surface area contributed by atoms with Crippen LogP contribution in [0.1, 0.15) is 43.2 Å². The first-order valence-electron chi connectivity index (χ1n) is 9.13. The molecule has 0 fully saturated rings. The number of carboxylic acids is 1. The summed E-state index contributed by atoms with van der Waals surface area (Å²) in [6.07, 6.45) is 4.45. The number of hydrogen-bond donors (Lipinski definition) is 1. The summed E-state index contributed by atoms with van der Waals surface area (Å²) >= 11 is 5.98. The molecule has 3 rings (SSSR count). The van der Waals surface area contributed by atoms with Gasteiger partial charge in [0.25, 0.3) is 0 Å². The molecule has 5 heteroatoms. The Bertz CT molecular complexity index is 843. The Morgan fingerprint density at radius 2 is 1.85 bits per heavy atom. The van der Waals surface area contributed by atoms with E-state index in [2.05, 4.69) is 0 Å². The summed E-state index contributed by atoms with van der Waals surface area (Å²) in [6, 6.07) is 12.4. The predicted molar refractivity (Wildman–Crippen MR) is 105 cm³/mol. The fourth-order valence-electron chi connectivity index (χ4n) is 3.36. The van der Waals surface area contributed by atoms with Gasteiger partial charge in [0, 0.05) is 11.4 Å². The highest BCUT2D eigenvalue weighted by Crippen LogP contribution is 2.33. The van der Waals surface area contributed by atoms with Crippen molar-refractivity contribution in [3.63, 3.8) is 0 Å². The molecule has 0 aromatic heterocycles. The molecular formula is C22H22ClFO3. The molecule has 0 aliphatic heterocycles. The molecule has 0 amide bonds. The molecule has 2 aromatic rings. The lowest BCUT2D eigenvalue weighted by atomic mass is 9.88. The van der Waals surface area contributed by atoms with Crippen LogP contribution in [0.25, 0.3) is 5.57 Å². The topological polar surface area (TPSA) is 46.5 Å². The van der Waals surface area contributed by atoms with E-state index >= 15 is 0 Å². The fraction of sp³-hybridized carbons (Fsp3) is 0.318. The van der Waals surface area contributed by atoms with Crippen LogP contribution in [0.2, 0.25) is 5.02 Å². The second-order valence-electron chi connectivity index (χ2n) is 6.74. The number of benzene rings is 2. The van der Waals surface area contributed by atoms with E-state index in [0.717, 1.165) is 31.2 Å². The van der Waals surface area contributed by atoms with Crippen molar-refractivity contribution in [2.75, 3.05) is 6.61 Å². The van der Waals surface area contributed by atoms with Gasteiger partial charge in [0.05, 0.1) is 0 Å². The lowest BCUT2D eigenvalue weighted by Crippen LogP contribution is -2.09. The smallest absolute Gasteiger partial charge is 0.303 e. The van der Waals surface area contributed by atoms with Gasteiger partial charge in [-0.15, -0.1) is 0 Å². The fourth-order valence-corrected chi connectivity index (χ4v) is 3.49. The minimum absolute atomic E-state index is 0.0169. The van der Waals surface area contributed by atoms with Gasteiger partial charge in [-0.25, -0.2) is 4.39 Å². The van der Waals surface area contributed by atoms with Crippen molar-refractivity contribution in [1.82, 2.24) is 0 Å². The predicted octanol–water partition coefficient (Wildman–Crippen LogP) is 5.90. The lowest BCUT2D eigenvalue weighted by molar-refractivity contribution is -0.136. The Kier molecular flexibility index (Phi) is 6.51. The van der Waals surface area contributed by atoms with E-state index in [1.807, 2.05) is 24.3 Å². The van der Waals surface area contributed by atoms with Crippen molar-refractivity contribution in [3.8, 4) is 5.75 Å². The Morgan fingerprint density at radius 1 is 1.11 bits per heavy atom. The first kappa shape index (κ1) is 19.4. The van der Waals surface area contributed by atoms with Crippen molar-refractivity contribution in [3.05, 3.63) is 70.0 Å². The molecule has 1 aliphatic rings. The van der Waals surface area contributed by atoms with Gasteiger partial charge in [0.1, 0.15) is 6.61 Å². The Hall–Kier alpha value is -2.33. The van der Waals surface area contributed by atoms with Gasteiger partial charge >= 0.3 is 5.97 Å². The Morgan fingerprint density at radius 3 is 2.56 bits per heavy atom. The van der Waals surface area contributed by atoms with Crippen LogP contribution in [0.3, 0.4) is 0 Å². The molecule has 0 heterocycles. The molecule has 0 unspecified atom stereocenters. The van der Waals surface area contributed by atoms with Crippen molar-refractivity contribution >= 4 is 23.1 Å². The number of rotatable bonds is 7. The molecule has 142 valence electrons. The maximum absolute atomic E-state index is 14.3. The zero-order valence-electron chi connectivity index (χ0n) is 15.0. The largest absolute Gasteiger partial charge is 0.486 e. The average Bonchev–Trinajstić information content (AvgIpc) is 2.66. The van der Waals surface area contributed by atoms with E-state index in [4.69, 9.17) is 21.4 Å². The summed E-state index contributed by atoms with van der Waals surface area (Å²) < 4.78 is 20.0. The summed E-state index contributed by atoms with van der Waals surface area (Å²) in [5, 5.41) is 9.44. The van der Waals surface area contributed by atoms with E-state index in [9.17, 15) is 9.18 Å². The monoisotopic (exact) mass is 388 g/mol. The number of allylic oxidation sites excluding steroid dienone is 1. The second-order valence-corrected chi connectivity index (χ2v) is 7.18. The zero-order valence-corrected chi connectivity index (χ0v) is 15.8. The summed E-state index contributed by atoms with van der Waals surface area (Å²) in [5.74, 6) is -1.15. The number of aryl methyl sites for hydroxylation is 1. The zero-order chi connectivity index (χ0) is 19.2. The molecule has 0 spiro atoms. The maximum atomic E-state index is 14.3. The van der Waals surface area contributed by atoms with Gasteiger partial charge in [0.2, 0.25) is 0 Å². The number of hydrogen-bond acceptors (Lipinski definition) is 2. The molecule has 1 N–H and O–H groups in total. The Labute approximate surface area is 163 Å². The first-order valence-corrected chi connectivity index (χ1v) is 9.50. The lowest BCUT2D eigenvalue weighted by Gasteiger charge is -2.21. The molecule has 0 radical (unpaired) electrons. The van der Waals surface area contributed by atoms with Crippen LogP contribution in [0.4, 0.5) is 4.39 Å². The molecule has 27 heavy (non-hydrogen) atoms. The summed E-state index contributed by atoms with van der Waals surface area (Å²) in [4.78, 5) is 10.6. The van der Waals surface area contributed by atoms with Crippen LogP contribution >= 0.6 is 11.6 Å². The van der Waals surface area contributed by atoms with Crippen molar-refractivity contribution in [2.24, 2.45) is 0 Å². The number of halogens is 2. The number of ether oxygens (including phenoxy) is 1. The molecule has 0 saturated heterocycles. The van der Waals surface area contributed by atoms with E-state index in [1.165, 1.54) is 17.2 Å². The quantitative estimate of drug-likeness (QED) is 0.642. The number of carbonyl (C=O) groups is 1. The summed E-state index contributed by atoms with van der Waals surface area (Å²) in [6.45, 7) is 0.351. The number of aliphatic carboxylic acids is 1. The van der Waals surface area contributed by atoms with Crippen LogP contribution in [0, 0.1) is 5.82 Å². The second kappa shape index (κ2) is 9.05. The number of carboxylic acid groups (broad SMARTS) is 1. The standard InChI is InChI=1S/C22H22ClFO3/c23-18-9-7-16(8-10-18)19-4-2-1-3-17(19)14-27-21-11-5-15(13-20(21)24)6-12-22(25)26/h5,7-11,13H,1-4,6,12,14H2,(H,25,26). The SMILES string of the molecule is O=C(O)CCc1ccc(OCC2=C(c3ccc(Cl)cc3)CCCC2)c(F)c1. The third-order valence-corrected chi connectivity index (χ3v) is 5.05. The van der Waals surface area contributed by atoms with Crippen LogP contribution in [-0.4, -0.2) is 17.7 Å². The van der Waals surface area contributed by atoms with Crippen LogP contribution in [0.15, 0.2) is 48.0 Å². The van der Waals surface area contributed by atoms with Gasteiger partial charge in [-0.1, -0.05) is 29.8 Å². The summed E-state index contributed by atoms with van der Waals surface area (Å²) in [5.41, 5.74) is 4.25. The minimum atomic E-state index is -0.894. The molecule has 3 nitrogen and oxygen atoms in total. The van der Waals surface area contributed by atoms with Crippen LogP contribution in [-0.2, 0) is 11.2 Å². The average molecular weight is 389 g/mol. The highest BCUT2D eigenvalue weighted by Gasteiger charge is 2.16. The first-order chi connectivity index (χ1) is 13.0. The molecule has 1 aliphatic carbocycles. The van der Waals surface area contributed by atoms with Gasteiger partial charge in [0.15, 0.2) is 11.6 Å². The third kappa shape index (κ3) is 5.33. The summed E-state index contributed by atoms with van der Waals surface area (Å²) in [7, 11) is 0. The van der Waals surface area contributed by atoms with E-state index in [0.29, 0.717) is 23.6 Å². The minimum Gasteiger partial charge on any atom is -0.486 e. The molecular weight excluding hydrogens is 367 g/mol. The van der Waals surface area contributed by atoms with Gasteiger partial charge in [-0.05, 0) is 78.6 Å². The van der Waals surface area contributed by atoms with Crippen LogP contribution in [0.5, 0.6) is 5.75 Å². The third-order valence-electron chi connectivity index (χ3n) is 4.80. The van der Waals surface area contributed by atoms with Crippen molar-refractivity contribution < 1.29 is 19.0 Å². The Balaban J connectivity index is 1.72.